The van der Waals surface area contributed by atoms with Gasteiger partial charge in [0.2, 0.25) is 5.88 Å². The molecular formula is C26H32FNO2S2. The Hall–Kier alpha value is -1.92. The first kappa shape index (κ1) is 23.2. The third-order valence-electron chi connectivity index (χ3n) is 6.45. The summed E-state index contributed by atoms with van der Waals surface area (Å²) in [6, 6.07) is 10.4. The van der Waals surface area contributed by atoms with Gasteiger partial charge in [0.1, 0.15) is 17.3 Å². The van der Waals surface area contributed by atoms with E-state index in [-0.39, 0.29) is 11.9 Å². The first-order chi connectivity index (χ1) is 15.6. The van der Waals surface area contributed by atoms with Crippen LogP contribution in [0.15, 0.2) is 40.8 Å². The zero-order valence-corrected chi connectivity index (χ0v) is 20.2. The highest BCUT2D eigenvalue weighted by Gasteiger charge is 2.21. The number of aromatic hydroxyl groups is 1. The van der Waals surface area contributed by atoms with Crippen LogP contribution in [0.5, 0.6) is 5.88 Å². The largest absolute Gasteiger partial charge is 0.494 e. The molecule has 0 radical (unpaired) electrons. The summed E-state index contributed by atoms with van der Waals surface area (Å²) in [4.78, 5) is 0.848. The van der Waals surface area contributed by atoms with Gasteiger partial charge in [0.05, 0.1) is 4.88 Å². The van der Waals surface area contributed by atoms with Crippen molar-refractivity contribution in [2.75, 3.05) is 0 Å². The Kier molecular flexibility index (Phi) is 8.20. The van der Waals surface area contributed by atoms with Crippen molar-refractivity contribution >= 4 is 23.6 Å². The van der Waals surface area contributed by atoms with Gasteiger partial charge >= 0.3 is 0 Å². The van der Waals surface area contributed by atoms with Gasteiger partial charge in [-0.15, -0.1) is 11.3 Å². The summed E-state index contributed by atoms with van der Waals surface area (Å²) in [6.45, 7) is 0. The van der Waals surface area contributed by atoms with Crippen LogP contribution in [0.2, 0.25) is 0 Å². The summed E-state index contributed by atoms with van der Waals surface area (Å²) >= 11 is 7.18. The average Bonchev–Trinajstić information content (AvgIpc) is 3.34. The molecule has 1 N–H and O–H groups in total. The first-order valence-corrected chi connectivity index (χ1v) is 13.1. The quantitative estimate of drug-likeness (QED) is 0.385. The number of thiazole rings is 1. The lowest BCUT2D eigenvalue weighted by molar-refractivity contribution is 0.332. The Morgan fingerprint density at radius 1 is 0.906 bits per heavy atom. The van der Waals surface area contributed by atoms with E-state index in [1.54, 1.807) is 12.1 Å². The topological polar surface area (TPSA) is 38.3 Å². The second-order valence-electron chi connectivity index (χ2n) is 8.85. The van der Waals surface area contributed by atoms with Crippen LogP contribution in [0.25, 0.3) is 11.3 Å². The zero-order chi connectivity index (χ0) is 22.3. The maximum atomic E-state index is 13.2. The number of hydrogen-bond acceptors (Lipinski definition) is 4. The second-order valence-corrected chi connectivity index (χ2v) is 10.6. The fraction of sp³-hybridized carbons (Fsp3) is 0.500. The van der Waals surface area contributed by atoms with Gasteiger partial charge in [-0.05, 0) is 61.5 Å². The SMILES string of the molecule is Oc1c(Cc2ccc(-c3ccc(F)cc3)o2)sc(=S)n1C1CCCCCCCCCCC1. The van der Waals surface area contributed by atoms with Crippen molar-refractivity contribution in [3.63, 3.8) is 0 Å². The van der Waals surface area contributed by atoms with Crippen LogP contribution in [0.1, 0.15) is 87.3 Å². The maximum Gasteiger partial charge on any atom is 0.207 e. The van der Waals surface area contributed by atoms with E-state index in [4.69, 9.17) is 16.6 Å². The van der Waals surface area contributed by atoms with E-state index in [2.05, 4.69) is 0 Å². The molecule has 3 nitrogen and oxygen atoms in total. The number of halogens is 1. The number of hydrogen-bond donors (Lipinski definition) is 1. The molecule has 2 aromatic heterocycles. The Bertz CT molecular complexity index is 1040. The van der Waals surface area contributed by atoms with E-state index in [1.165, 1.54) is 81.3 Å². The average molecular weight is 474 g/mol. The summed E-state index contributed by atoms with van der Waals surface area (Å²) in [6.07, 6.45) is 14.3. The lowest BCUT2D eigenvalue weighted by Gasteiger charge is -2.20. The first-order valence-electron chi connectivity index (χ1n) is 11.9. The third kappa shape index (κ3) is 5.90. The minimum atomic E-state index is -0.265. The van der Waals surface area contributed by atoms with Gasteiger partial charge in [-0.3, -0.25) is 4.57 Å². The Morgan fingerprint density at radius 3 is 2.12 bits per heavy atom. The van der Waals surface area contributed by atoms with Crippen molar-refractivity contribution in [3.05, 3.63) is 56.8 Å². The molecule has 2 heterocycles. The molecule has 1 saturated carbocycles. The molecule has 0 spiro atoms. The third-order valence-corrected chi connectivity index (χ3v) is 7.84. The lowest BCUT2D eigenvalue weighted by atomic mass is 9.98. The predicted molar refractivity (Wildman–Crippen MR) is 132 cm³/mol. The van der Waals surface area contributed by atoms with Crippen molar-refractivity contribution in [2.45, 2.75) is 83.1 Å². The molecule has 3 aromatic rings. The van der Waals surface area contributed by atoms with Gasteiger partial charge in [-0.2, -0.15) is 0 Å². The Balaban J connectivity index is 1.49. The van der Waals surface area contributed by atoms with Gasteiger partial charge in [0, 0.05) is 18.0 Å². The monoisotopic (exact) mass is 473 g/mol. The molecule has 4 rings (SSSR count). The number of nitrogens with zero attached hydrogens (tertiary/aromatic N) is 1. The van der Waals surface area contributed by atoms with Crippen LogP contribution >= 0.6 is 23.6 Å². The molecule has 1 aromatic carbocycles. The van der Waals surface area contributed by atoms with Gasteiger partial charge < -0.3 is 9.52 Å². The van der Waals surface area contributed by atoms with Crippen molar-refractivity contribution in [3.8, 4) is 17.2 Å². The van der Waals surface area contributed by atoms with Crippen molar-refractivity contribution in [1.29, 1.82) is 0 Å². The van der Waals surface area contributed by atoms with Gasteiger partial charge in [-0.25, -0.2) is 4.39 Å². The number of furan rings is 1. The normalized spacial score (nSPS) is 17.0. The minimum absolute atomic E-state index is 0.265. The van der Waals surface area contributed by atoms with E-state index >= 15 is 0 Å². The molecule has 0 atom stereocenters. The molecule has 172 valence electrons. The van der Waals surface area contributed by atoms with Crippen LogP contribution in [0, 0.1) is 9.77 Å². The molecule has 0 bridgehead atoms. The molecule has 1 fully saturated rings. The van der Waals surface area contributed by atoms with E-state index in [0.717, 1.165) is 33.0 Å². The summed E-state index contributed by atoms with van der Waals surface area (Å²) in [5.74, 6) is 1.50. The van der Waals surface area contributed by atoms with Crippen LogP contribution in [0.3, 0.4) is 0 Å². The van der Waals surface area contributed by atoms with Crippen molar-refractivity contribution < 1.29 is 13.9 Å². The van der Waals surface area contributed by atoms with Gasteiger partial charge in [0.25, 0.3) is 0 Å². The molecule has 0 amide bonds. The fourth-order valence-electron chi connectivity index (χ4n) is 4.66. The summed E-state index contributed by atoms with van der Waals surface area (Å²) in [7, 11) is 0. The minimum Gasteiger partial charge on any atom is -0.494 e. The molecule has 1 aliphatic rings. The van der Waals surface area contributed by atoms with E-state index in [0.29, 0.717) is 18.1 Å². The van der Waals surface area contributed by atoms with Crippen molar-refractivity contribution in [1.82, 2.24) is 4.57 Å². The molecule has 0 aliphatic heterocycles. The Labute approximate surface area is 198 Å². The second kappa shape index (κ2) is 11.3. The fourth-order valence-corrected chi connectivity index (χ4v) is 6.14. The standard InChI is InChI=1S/C26H32FNO2S2/c27-20-14-12-19(13-15-20)23-17-16-22(30-23)18-24-25(29)28(26(31)32-24)21-10-8-6-4-2-1-3-5-7-9-11-21/h12-17,21,29H,1-11,18H2. The molecular weight excluding hydrogens is 441 g/mol. The number of rotatable bonds is 4. The summed E-state index contributed by atoms with van der Waals surface area (Å²) < 4.78 is 21.9. The molecule has 0 saturated heterocycles. The highest BCUT2D eigenvalue weighted by Crippen LogP contribution is 2.36. The molecule has 0 unspecified atom stereocenters. The number of benzene rings is 1. The van der Waals surface area contributed by atoms with E-state index in [9.17, 15) is 9.50 Å². The summed E-state index contributed by atoms with van der Waals surface area (Å²) in [5, 5.41) is 11.1. The Morgan fingerprint density at radius 2 is 1.50 bits per heavy atom. The molecule has 6 heteroatoms. The summed E-state index contributed by atoms with van der Waals surface area (Å²) in [5.41, 5.74) is 0.834. The van der Waals surface area contributed by atoms with Crippen LogP contribution in [-0.2, 0) is 6.42 Å². The van der Waals surface area contributed by atoms with Crippen molar-refractivity contribution in [2.24, 2.45) is 0 Å². The predicted octanol–water partition coefficient (Wildman–Crippen LogP) is 8.82. The van der Waals surface area contributed by atoms with Crippen LogP contribution in [-0.4, -0.2) is 9.67 Å². The lowest BCUT2D eigenvalue weighted by Crippen LogP contribution is -2.09. The molecule has 1 aliphatic carbocycles. The van der Waals surface area contributed by atoms with Gasteiger partial charge in [0.15, 0.2) is 3.95 Å². The van der Waals surface area contributed by atoms with Crippen LogP contribution < -0.4 is 0 Å². The smallest absolute Gasteiger partial charge is 0.207 e. The van der Waals surface area contributed by atoms with Crippen LogP contribution in [0.4, 0.5) is 4.39 Å². The molecule has 32 heavy (non-hydrogen) atoms. The zero-order valence-electron chi connectivity index (χ0n) is 18.5. The van der Waals surface area contributed by atoms with E-state index < -0.39 is 0 Å². The highest BCUT2D eigenvalue weighted by molar-refractivity contribution is 7.73. The highest BCUT2D eigenvalue weighted by atomic mass is 32.1. The number of aromatic nitrogens is 1. The maximum absolute atomic E-state index is 13.2. The van der Waals surface area contributed by atoms with Gasteiger partial charge in [-0.1, -0.05) is 57.8 Å². The van der Waals surface area contributed by atoms with E-state index in [1.807, 2.05) is 16.7 Å².